The summed E-state index contributed by atoms with van der Waals surface area (Å²) in [5.74, 6) is -1.11. The van der Waals surface area contributed by atoms with Gasteiger partial charge >= 0.3 is 0 Å². The average molecular weight is 472 g/mol. The molecule has 0 saturated heterocycles. The van der Waals surface area contributed by atoms with Gasteiger partial charge < -0.3 is 0 Å². The second-order valence-electron chi connectivity index (χ2n) is 6.46. The predicted octanol–water partition coefficient (Wildman–Crippen LogP) is 5.33. The van der Waals surface area contributed by atoms with Gasteiger partial charge in [0.25, 0.3) is 11.8 Å². The summed E-state index contributed by atoms with van der Waals surface area (Å²) in [7, 11) is 0. The van der Waals surface area contributed by atoms with Gasteiger partial charge in [-0.25, -0.2) is 9.97 Å². The number of benzene rings is 2. The van der Waals surface area contributed by atoms with Crippen LogP contribution >= 0.6 is 34.8 Å². The highest BCUT2D eigenvalue weighted by atomic mass is 35.5. The Hall–Kier alpha value is -3.19. The summed E-state index contributed by atoms with van der Waals surface area (Å²) in [4.78, 5) is 33.7. The second-order valence-corrected chi connectivity index (χ2v) is 7.63. The molecule has 0 radical (unpaired) electrons. The first-order valence-corrected chi connectivity index (χ1v) is 10.1. The first-order valence-electron chi connectivity index (χ1n) is 9.00. The molecule has 6 nitrogen and oxygen atoms in total. The molecule has 2 aromatic heterocycles. The zero-order valence-corrected chi connectivity index (χ0v) is 18.0. The molecule has 0 aliphatic carbocycles. The fourth-order valence-corrected chi connectivity index (χ4v) is 3.47. The maximum Gasteiger partial charge on any atom is 0.271 e. The molecule has 4 aromatic rings. The van der Waals surface area contributed by atoms with Crippen molar-refractivity contribution in [3.8, 4) is 11.3 Å². The predicted molar refractivity (Wildman–Crippen MR) is 121 cm³/mol. The van der Waals surface area contributed by atoms with Gasteiger partial charge in [0.15, 0.2) is 0 Å². The Labute approximate surface area is 192 Å². The summed E-state index contributed by atoms with van der Waals surface area (Å²) in [5.41, 5.74) is 7.08. The molecular formula is C22H13Cl3N4O2. The minimum absolute atomic E-state index is 0.0811. The van der Waals surface area contributed by atoms with Gasteiger partial charge in [-0.3, -0.25) is 20.4 Å². The SMILES string of the molecule is O=C(NNC(=O)c1cc(-c2ccccc2Cl)nc2ccccc12)c1cnc(Cl)c(Cl)c1. The molecule has 0 fully saturated rings. The highest BCUT2D eigenvalue weighted by Gasteiger charge is 2.16. The van der Waals surface area contributed by atoms with Crippen molar-refractivity contribution < 1.29 is 9.59 Å². The number of hydrogen-bond donors (Lipinski definition) is 2. The zero-order valence-electron chi connectivity index (χ0n) is 15.7. The van der Waals surface area contributed by atoms with Crippen LogP contribution in [0.15, 0.2) is 66.9 Å². The monoisotopic (exact) mass is 470 g/mol. The third-order valence-corrected chi connectivity index (χ3v) is 5.47. The van der Waals surface area contributed by atoms with Crippen molar-refractivity contribution >= 4 is 57.5 Å². The Balaban J connectivity index is 1.65. The van der Waals surface area contributed by atoms with Crippen molar-refractivity contribution in [3.05, 3.63) is 93.2 Å². The number of nitrogens with zero attached hydrogens (tertiary/aromatic N) is 2. The molecule has 0 spiro atoms. The van der Waals surface area contributed by atoms with Crippen LogP contribution in [0.25, 0.3) is 22.2 Å². The van der Waals surface area contributed by atoms with Gasteiger partial charge in [0.05, 0.1) is 27.4 Å². The van der Waals surface area contributed by atoms with Crippen molar-refractivity contribution in [3.63, 3.8) is 0 Å². The molecule has 4 rings (SSSR count). The number of amides is 2. The summed E-state index contributed by atoms with van der Waals surface area (Å²) in [6.45, 7) is 0. The molecule has 154 valence electrons. The van der Waals surface area contributed by atoms with E-state index in [9.17, 15) is 9.59 Å². The van der Waals surface area contributed by atoms with E-state index in [1.807, 2.05) is 24.3 Å². The maximum atomic E-state index is 12.9. The van der Waals surface area contributed by atoms with E-state index in [-0.39, 0.29) is 15.7 Å². The Morgan fingerprint density at radius 2 is 1.52 bits per heavy atom. The van der Waals surface area contributed by atoms with Crippen LogP contribution in [0.4, 0.5) is 0 Å². The lowest BCUT2D eigenvalue weighted by Crippen LogP contribution is -2.41. The molecule has 2 heterocycles. The number of aromatic nitrogens is 2. The standard InChI is InChI=1S/C22H13Cl3N4O2/c23-16-7-3-1-6-14(16)19-10-15(13-5-2-4-8-18(13)27-19)22(31)29-28-21(30)12-9-17(24)20(25)26-11-12/h1-11H,(H,28,30)(H,29,31). The molecule has 2 N–H and O–H groups in total. The minimum atomic E-state index is -0.593. The Morgan fingerprint density at radius 3 is 2.29 bits per heavy atom. The van der Waals surface area contributed by atoms with Gasteiger partial charge in [-0.1, -0.05) is 71.2 Å². The summed E-state index contributed by atoms with van der Waals surface area (Å²) in [6, 6.07) is 17.4. The van der Waals surface area contributed by atoms with E-state index >= 15 is 0 Å². The van der Waals surface area contributed by atoms with Crippen LogP contribution in [0.2, 0.25) is 15.2 Å². The zero-order chi connectivity index (χ0) is 22.0. The first-order chi connectivity index (χ1) is 14.9. The Morgan fingerprint density at radius 1 is 0.806 bits per heavy atom. The van der Waals surface area contributed by atoms with Crippen LogP contribution in [-0.2, 0) is 0 Å². The van der Waals surface area contributed by atoms with Crippen molar-refractivity contribution in [2.45, 2.75) is 0 Å². The summed E-state index contributed by atoms with van der Waals surface area (Å²) in [5, 5.41) is 1.35. The third-order valence-electron chi connectivity index (χ3n) is 4.46. The number of carbonyl (C=O) groups excluding carboxylic acids is 2. The highest BCUT2D eigenvalue weighted by Crippen LogP contribution is 2.29. The quantitative estimate of drug-likeness (QED) is 0.312. The summed E-state index contributed by atoms with van der Waals surface area (Å²) in [6.07, 6.45) is 1.26. The summed E-state index contributed by atoms with van der Waals surface area (Å²) >= 11 is 18.0. The number of hydrogen-bond acceptors (Lipinski definition) is 4. The van der Waals surface area contributed by atoms with Crippen molar-refractivity contribution in [1.82, 2.24) is 20.8 Å². The largest absolute Gasteiger partial charge is 0.271 e. The van der Waals surface area contributed by atoms with Crippen LogP contribution < -0.4 is 10.9 Å². The fourth-order valence-electron chi connectivity index (χ4n) is 2.97. The molecule has 0 saturated carbocycles. The van der Waals surface area contributed by atoms with Crippen LogP contribution in [0, 0.1) is 0 Å². The number of halogens is 3. The van der Waals surface area contributed by atoms with Gasteiger partial charge in [-0.2, -0.15) is 0 Å². The van der Waals surface area contributed by atoms with Gasteiger partial charge in [0.1, 0.15) is 5.15 Å². The van der Waals surface area contributed by atoms with Crippen molar-refractivity contribution in [2.24, 2.45) is 0 Å². The van der Waals surface area contributed by atoms with Crippen LogP contribution in [-0.4, -0.2) is 21.8 Å². The summed E-state index contributed by atoms with van der Waals surface area (Å²) < 4.78 is 0. The number of para-hydroxylation sites is 1. The lowest BCUT2D eigenvalue weighted by Gasteiger charge is -2.12. The number of pyridine rings is 2. The first kappa shape index (κ1) is 21.1. The molecule has 2 aromatic carbocycles. The number of rotatable bonds is 3. The second kappa shape index (κ2) is 8.89. The van der Waals surface area contributed by atoms with E-state index in [0.717, 1.165) is 0 Å². The van der Waals surface area contributed by atoms with E-state index in [0.29, 0.717) is 32.7 Å². The molecular weight excluding hydrogens is 459 g/mol. The maximum absolute atomic E-state index is 12.9. The Kier molecular flexibility index (Phi) is 6.04. The van der Waals surface area contributed by atoms with Gasteiger partial charge in [0, 0.05) is 22.2 Å². The molecule has 9 heteroatoms. The number of fused-ring (bicyclic) bond motifs is 1. The minimum Gasteiger partial charge on any atom is -0.267 e. The third kappa shape index (κ3) is 4.46. The normalized spacial score (nSPS) is 10.7. The number of carbonyl (C=O) groups is 2. The van der Waals surface area contributed by atoms with E-state index in [1.54, 1.807) is 30.3 Å². The van der Waals surface area contributed by atoms with Gasteiger partial charge in [0.2, 0.25) is 0 Å². The van der Waals surface area contributed by atoms with E-state index in [1.165, 1.54) is 12.3 Å². The van der Waals surface area contributed by atoms with E-state index in [4.69, 9.17) is 34.8 Å². The van der Waals surface area contributed by atoms with E-state index < -0.39 is 11.8 Å². The molecule has 2 amide bonds. The molecule has 31 heavy (non-hydrogen) atoms. The number of hydrazine groups is 1. The lowest BCUT2D eigenvalue weighted by molar-refractivity contribution is 0.0847. The molecule has 0 bridgehead atoms. The van der Waals surface area contributed by atoms with Crippen LogP contribution in [0.1, 0.15) is 20.7 Å². The van der Waals surface area contributed by atoms with Crippen molar-refractivity contribution in [1.29, 1.82) is 0 Å². The van der Waals surface area contributed by atoms with Gasteiger partial charge in [-0.15, -0.1) is 0 Å². The van der Waals surface area contributed by atoms with Gasteiger partial charge in [-0.05, 0) is 24.3 Å². The molecule has 0 aliphatic rings. The molecule has 0 aliphatic heterocycles. The van der Waals surface area contributed by atoms with Crippen LogP contribution in [0.5, 0.6) is 0 Å². The topological polar surface area (TPSA) is 84.0 Å². The average Bonchev–Trinajstić information content (AvgIpc) is 2.78. The van der Waals surface area contributed by atoms with Crippen LogP contribution in [0.3, 0.4) is 0 Å². The highest BCUT2D eigenvalue weighted by molar-refractivity contribution is 6.41. The molecule has 0 unspecified atom stereocenters. The Bertz CT molecular complexity index is 1330. The van der Waals surface area contributed by atoms with E-state index in [2.05, 4.69) is 20.8 Å². The lowest BCUT2D eigenvalue weighted by atomic mass is 10.0. The smallest absolute Gasteiger partial charge is 0.267 e. The van der Waals surface area contributed by atoms with Crippen molar-refractivity contribution in [2.75, 3.05) is 0 Å². The molecule has 0 atom stereocenters. The number of nitrogens with one attached hydrogen (secondary N) is 2. The fraction of sp³-hybridized carbons (Fsp3) is 0.